The van der Waals surface area contributed by atoms with Crippen molar-refractivity contribution in [3.05, 3.63) is 95.3 Å². The van der Waals surface area contributed by atoms with Crippen molar-refractivity contribution >= 4 is 75.8 Å². The van der Waals surface area contributed by atoms with Gasteiger partial charge in [0.25, 0.3) is 0 Å². The van der Waals surface area contributed by atoms with Gasteiger partial charge in [-0.05, 0) is 104 Å². The normalized spacial score (nSPS) is 11.6. The van der Waals surface area contributed by atoms with E-state index in [9.17, 15) is 14.4 Å². The van der Waals surface area contributed by atoms with Gasteiger partial charge in [-0.3, -0.25) is 19.8 Å². The Morgan fingerprint density at radius 3 is 1.45 bits per heavy atom. The van der Waals surface area contributed by atoms with Gasteiger partial charge in [-0.2, -0.15) is 40.7 Å². The molecule has 9 N–H and O–H groups in total. The van der Waals surface area contributed by atoms with Crippen LogP contribution >= 0.6 is 0 Å². The number of nitrogens with zero attached hydrogens (tertiary/aromatic N) is 9. The zero-order valence-electron chi connectivity index (χ0n) is 42.9. The van der Waals surface area contributed by atoms with Crippen molar-refractivity contribution < 1.29 is 19.1 Å². The minimum absolute atomic E-state index is 0.0590. The molecule has 4 aromatic heterocycles. The number of aromatic amines is 2. The molecule has 0 aliphatic rings. The maximum absolute atomic E-state index is 12.7. The van der Waals surface area contributed by atoms with Crippen molar-refractivity contribution in [2.24, 2.45) is 0 Å². The highest BCUT2D eigenvalue weighted by molar-refractivity contribution is 5.87. The van der Waals surface area contributed by atoms with E-state index in [1.54, 1.807) is 53.9 Å². The summed E-state index contributed by atoms with van der Waals surface area (Å²) in [4.78, 5) is 56.5. The number of benzene rings is 2. The van der Waals surface area contributed by atoms with E-state index in [0.717, 1.165) is 33.9 Å². The summed E-state index contributed by atoms with van der Waals surface area (Å²) in [5.41, 5.74) is 4.65. The van der Waals surface area contributed by atoms with Crippen molar-refractivity contribution in [3.63, 3.8) is 0 Å². The molecule has 0 aliphatic heterocycles. The summed E-state index contributed by atoms with van der Waals surface area (Å²) >= 11 is 0. The zero-order chi connectivity index (χ0) is 52.9. The van der Waals surface area contributed by atoms with Gasteiger partial charge in [-0.15, -0.1) is 0 Å². The number of carbonyl (C=O) groups is 3. The van der Waals surface area contributed by atoms with E-state index in [1.807, 2.05) is 81.4 Å². The van der Waals surface area contributed by atoms with Crippen molar-refractivity contribution in [1.82, 2.24) is 50.5 Å². The van der Waals surface area contributed by atoms with Crippen molar-refractivity contribution in [2.45, 2.75) is 105 Å². The van der Waals surface area contributed by atoms with Crippen LogP contribution in [0, 0.1) is 36.5 Å². The summed E-state index contributed by atoms with van der Waals surface area (Å²) < 4.78 is 5.36. The Morgan fingerprint density at radius 2 is 1.07 bits per heavy atom. The lowest BCUT2D eigenvalue weighted by molar-refractivity contribution is -0.123. The molecule has 0 bridgehead atoms. The second-order valence-corrected chi connectivity index (χ2v) is 18.1. The third kappa shape index (κ3) is 18.9. The average Bonchev–Trinajstić information content (AvgIpc) is 3.97. The first-order valence-corrected chi connectivity index (χ1v) is 23.9. The van der Waals surface area contributed by atoms with Gasteiger partial charge in [-0.25, -0.2) is 4.79 Å². The van der Waals surface area contributed by atoms with Crippen LogP contribution in [0.25, 0.3) is 0 Å². The molecule has 4 heterocycles. The van der Waals surface area contributed by atoms with Gasteiger partial charge < -0.3 is 46.9 Å². The Labute approximate surface area is 426 Å². The lowest BCUT2D eigenvalue weighted by atomic mass is 10.1. The summed E-state index contributed by atoms with van der Waals surface area (Å²) in [6.07, 6.45) is 2.18. The molecule has 0 radical (unpaired) electrons. The Balaban J connectivity index is 0.000000276. The van der Waals surface area contributed by atoms with Gasteiger partial charge in [0.2, 0.25) is 11.9 Å². The number of nitrogens with one attached hydrogen (secondary N) is 9. The second-order valence-electron chi connectivity index (χ2n) is 18.1. The number of anilines is 10. The lowest BCUT2D eigenvalue weighted by Gasteiger charge is -2.28. The number of amides is 1. The molecule has 0 fully saturated rings. The van der Waals surface area contributed by atoms with Gasteiger partial charge >= 0.3 is 6.09 Å². The number of Topliss-reactive ketones (excluding diaryl/α,β-unsaturated/α-hetero) is 2. The third-order valence-corrected chi connectivity index (χ3v) is 10.8. The van der Waals surface area contributed by atoms with Gasteiger partial charge in [0.1, 0.15) is 34.7 Å². The van der Waals surface area contributed by atoms with E-state index < -0.39 is 17.7 Å². The molecule has 0 saturated heterocycles. The van der Waals surface area contributed by atoms with Crippen LogP contribution in [0.4, 0.5) is 63.0 Å². The maximum Gasteiger partial charge on any atom is 0.410 e. The highest BCUT2D eigenvalue weighted by Crippen LogP contribution is 2.24. The number of aryl methyl sites for hydroxylation is 2. The minimum atomic E-state index is -0.631. The van der Waals surface area contributed by atoms with Crippen LogP contribution in [0.3, 0.4) is 0 Å². The standard InChI is InChI=1S/C28H37N9O3.C23H29N9O/c1-18-16-25(36-35-18)32-24-17-23(33-26(34-24)31-21-11-9-20(10-12-21)13-14-29)30-15-7-8-22(38)19(2)37(6)27(39)40-28(3,4)5;1-15-13-22(32-31-15)28-21-14-20(26-12-4-5-19(33)16(2)25-3)29-23(30-21)27-18-8-6-17(7-9-18)10-11-24/h9-12,16-17,19H,7-8,13,15H2,1-6H3,(H4,30,31,32,33,34,35,36);6-9,13-14,16,25H,4-5,10,12H2,1-3H3,(H4,26,27,28,29,30,31,32)/t19-;16-/m00/s1. The molecule has 22 heteroatoms. The Kier molecular flexibility index (Phi) is 20.5. The number of aromatic nitrogens is 8. The first kappa shape index (κ1) is 55.3. The summed E-state index contributed by atoms with van der Waals surface area (Å²) in [6, 6.07) is 25.8. The highest BCUT2D eigenvalue weighted by atomic mass is 16.6. The molecule has 0 aliphatic carbocycles. The van der Waals surface area contributed by atoms with Crippen molar-refractivity contribution in [1.29, 1.82) is 10.5 Å². The largest absolute Gasteiger partial charge is 0.444 e. The molecule has 22 nitrogen and oxygen atoms in total. The molecule has 0 saturated carbocycles. The van der Waals surface area contributed by atoms with E-state index in [-0.39, 0.29) is 24.0 Å². The fourth-order valence-corrected chi connectivity index (χ4v) is 6.65. The van der Waals surface area contributed by atoms with Gasteiger partial charge in [0.05, 0.1) is 37.1 Å². The lowest BCUT2D eigenvalue weighted by Crippen LogP contribution is -2.43. The fourth-order valence-electron chi connectivity index (χ4n) is 6.65. The number of nitriles is 2. The summed E-state index contributed by atoms with van der Waals surface area (Å²) in [7, 11) is 3.35. The Bertz CT molecular complexity index is 2830. The van der Waals surface area contributed by atoms with E-state index in [4.69, 9.17) is 15.3 Å². The number of ether oxygens (including phenoxy) is 1. The summed E-state index contributed by atoms with van der Waals surface area (Å²) in [5, 5.41) is 54.1. The number of H-pyrrole nitrogens is 2. The van der Waals surface area contributed by atoms with Gasteiger partial charge in [0.15, 0.2) is 17.4 Å². The maximum atomic E-state index is 12.7. The van der Waals surface area contributed by atoms with Crippen LogP contribution in [0.1, 0.15) is 82.8 Å². The first-order chi connectivity index (χ1) is 34.9. The minimum Gasteiger partial charge on any atom is -0.444 e. The molecule has 0 spiro atoms. The van der Waals surface area contributed by atoms with Crippen LogP contribution in [0.15, 0.2) is 72.8 Å². The molecular weight excluding hydrogens is 929 g/mol. The SMILES string of the molecule is CN[C@@H](C)C(=O)CCCNc1cc(Nc2cc(C)[nH]n2)nc(Nc2ccc(CC#N)cc2)n1.Cc1cc(Nc2cc(NCCCC(=O)[C@H](C)N(C)C(=O)OC(C)(C)C)nc(Nc3ccc(CC#N)cc3)n2)n[nH]1. The van der Waals surface area contributed by atoms with Gasteiger partial charge in [-0.1, -0.05) is 24.3 Å². The van der Waals surface area contributed by atoms with Crippen LogP contribution in [-0.4, -0.2) is 108 Å². The molecule has 2 aromatic carbocycles. The predicted octanol–water partition coefficient (Wildman–Crippen LogP) is 8.51. The molecule has 0 unspecified atom stereocenters. The number of ketones is 2. The highest BCUT2D eigenvalue weighted by Gasteiger charge is 2.26. The number of rotatable bonds is 24. The number of likely N-dealkylation sites (N-methyl/N-ethyl adjacent to an activating group) is 2. The fraction of sp³-hybridized carbons (Fsp3) is 0.392. The number of carbonyl (C=O) groups excluding carboxylic acids is 3. The second kappa shape index (κ2) is 27.1. The van der Waals surface area contributed by atoms with Crippen LogP contribution < -0.4 is 37.2 Å². The molecule has 384 valence electrons. The molecule has 6 aromatic rings. The van der Waals surface area contributed by atoms with E-state index >= 15 is 0 Å². The molecular formula is C51H66N18O4. The monoisotopic (exact) mass is 995 g/mol. The first-order valence-electron chi connectivity index (χ1n) is 23.9. The zero-order valence-corrected chi connectivity index (χ0v) is 42.9. The molecule has 73 heavy (non-hydrogen) atoms. The van der Waals surface area contributed by atoms with E-state index in [1.165, 1.54) is 4.90 Å². The van der Waals surface area contributed by atoms with Crippen LogP contribution in [0.5, 0.6) is 0 Å². The quantitative estimate of drug-likeness (QED) is 0.0257. The average molecular weight is 995 g/mol. The molecule has 2 atom stereocenters. The Hall–Kier alpha value is -8.63. The number of hydrogen-bond acceptors (Lipinski definition) is 19. The van der Waals surface area contributed by atoms with Crippen molar-refractivity contribution in [3.8, 4) is 12.1 Å². The topological polar surface area (TPSA) is 304 Å². The predicted molar refractivity (Wildman–Crippen MR) is 283 cm³/mol. The number of hydrogen-bond donors (Lipinski definition) is 9. The molecule has 6 rings (SSSR count). The van der Waals surface area contributed by atoms with Crippen LogP contribution in [0.2, 0.25) is 0 Å². The Morgan fingerprint density at radius 1 is 0.644 bits per heavy atom. The van der Waals surface area contributed by atoms with E-state index in [2.05, 4.69) is 89.7 Å². The van der Waals surface area contributed by atoms with Crippen LogP contribution in [-0.2, 0) is 27.2 Å². The third-order valence-electron chi connectivity index (χ3n) is 10.8. The smallest absolute Gasteiger partial charge is 0.410 e. The summed E-state index contributed by atoms with van der Waals surface area (Å²) in [6.45, 7) is 13.8. The van der Waals surface area contributed by atoms with Crippen molar-refractivity contribution in [2.75, 3.05) is 59.1 Å². The summed E-state index contributed by atoms with van der Waals surface area (Å²) in [5.74, 6) is 4.42. The van der Waals surface area contributed by atoms with Gasteiger partial charge in [0, 0.05) is 80.0 Å². The van der Waals surface area contributed by atoms with E-state index in [0.29, 0.717) is 92.0 Å². The molecule has 1 amide bonds.